The SMILES string of the molecule is CCn1c(SCc2nnc(-c3cccc(C#N)c3)o2)nnc1-c1ccco1. The maximum Gasteiger partial charge on any atom is 0.247 e. The van der Waals surface area contributed by atoms with Gasteiger partial charge in [0.2, 0.25) is 11.8 Å². The normalized spacial score (nSPS) is 10.8. The number of thioether (sulfide) groups is 1. The molecule has 0 unspecified atom stereocenters. The molecule has 9 heteroatoms. The van der Waals surface area contributed by atoms with Crippen LogP contribution in [0.3, 0.4) is 0 Å². The molecular weight excluding hydrogens is 364 g/mol. The zero-order chi connectivity index (χ0) is 18.6. The molecule has 4 aromatic rings. The van der Waals surface area contributed by atoms with Crippen LogP contribution in [0.5, 0.6) is 0 Å². The molecule has 0 bridgehead atoms. The highest BCUT2D eigenvalue weighted by molar-refractivity contribution is 7.98. The highest BCUT2D eigenvalue weighted by atomic mass is 32.2. The van der Waals surface area contributed by atoms with Gasteiger partial charge in [-0.25, -0.2) is 0 Å². The first kappa shape index (κ1) is 17.1. The Morgan fingerprint density at radius 3 is 2.85 bits per heavy atom. The van der Waals surface area contributed by atoms with Gasteiger partial charge in [-0.1, -0.05) is 17.8 Å². The Morgan fingerprint density at radius 2 is 2.07 bits per heavy atom. The number of rotatable bonds is 6. The third kappa shape index (κ3) is 3.47. The molecule has 0 amide bonds. The average molecular weight is 378 g/mol. The first-order valence-electron chi connectivity index (χ1n) is 8.21. The minimum atomic E-state index is 0.385. The average Bonchev–Trinajstić information content (AvgIpc) is 3.46. The number of benzene rings is 1. The van der Waals surface area contributed by atoms with Crippen molar-refractivity contribution in [1.82, 2.24) is 25.0 Å². The Labute approximate surface area is 158 Å². The van der Waals surface area contributed by atoms with Crippen LogP contribution in [0.2, 0.25) is 0 Å². The van der Waals surface area contributed by atoms with Crippen LogP contribution >= 0.6 is 11.8 Å². The smallest absolute Gasteiger partial charge is 0.247 e. The quantitative estimate of drug-likeness (QED) is 0.467. The van der Waals surface area contributed by atoms with Crippen molar-refractivity contribution in [1.29, 1.82) is 5.26 Å². The Morgan fingerprint density at radius 1 is 1.15 bits per heavy atom. The highest BCUT2D eigenvalue weighted by Gasteiger charge is 2.16. The number of hydrogen-bond acceptors (Lipinski definition) is 8. The van der Waals surface area contributed by atoms with Gasteiger partial charge in [0.05, 0.1) is 23.6 Å². The van der Waals surface area contributed by atoms with E-state index in [-0.39, 0.29) is 0 Å². The minimum Gasteiger partial charge on any atom is -0.461 e. The first-order chi connectivity index (χ1) is 13.3. The highest BCUT2D eigenvalue weighted by Crippen LogP contribution is 2.27. The van der Waals surface area contributed by atoms with E-state index in [0.29, 0.717) is 41.2 Å². The molecule has 0 aliphatic carbocycles. The van der Waals surface area contributed by atoms with E-state index >= 15 is 0 Å². The fourth-order valence-corrected chi connectivity index (χ4v) is 3.38. The van der Waals surface area contributed by atoms with Crippen molar-refractivity contribution in [3.63, 3.8) is 0 Å². The van der Waals surface area contributed by atoms with Gasteiger partial charge in [0.15, 0.2) is 16.7 Å². The molecule has 0 aliphatic heterocycles. The molecule has 0 N–H and O–H groups in total. The summed E-state index contributed by atoms with van der Waals surface area (Å²) in [6, 6.07) is 12.8. The van der Waals surface area contributed by atoms with Gasteiger partial charge in [0, 0.05) is 12.1 Å². The molecule has 3 aromatic heterocycles. The predicted molar refractivity (Wildman–Crippen MR) is 97.4 cm³/mol. The second kappa shape index (κ2) is 7.47. The second-order valence-electron chi connectivity index (χ2n) is 5.51. The number of furan rings is 1. The van der Waals surface area contributed by atoms with Crippen molar-refractivity contribution >= 4 is 11.8 Å². The Kier molecular flexibility index (Phi) is 4.72. The standard InChI is InChI=1S/C18H14N6O2S/c1-2-24-16(14-7-4-8-25-14)21-23-18(24)27-11-15-20-22-17(26-15)13-6-3-5-12(9-13)10-19/h3-9H,2,11H2,1H3. The zero-order valence-corrected chi connectivity index (χ0v) is 15.2. The summed E-state index contributed by atoms with van der Waals surface area (Å²) < 4.78 is 13.1. The van der Waals surface area contributed by atoms with Crippen LogP contribution in [0.1, 0.15) is 18.4 Å². The van der Waals surface area contributed by atoms with E-state index in [9.17, 15) is 0 Å². The van der Waals surface area contributed by atoms with E-state index in [1.54, 1.807) is 24.5 Å². The van der Waals surface area contributed by atoms with Gasteiger partial charge in [0.25, 0.3) is 0 Å². The summed E-state index contributed by atoms with van der Waals surface area (Å²) in [5.41, 5.74) is 1.26. The maximum absolute atomic E-state index is 9.00. The van der Waals surface area contributed by atoms with Crippen LogP contribution in [-0.4, -0.2) is 25.0 Å². The van der Waals surface area contributed by atoms with E-state index in [2.05, 4.69) is 26.5 Å². The van der Waals surface area contributed by atoms with E-state index in [0.717, 1.165) is 10.7 Å². The number of nitriles is 1. The molecular formula is C18H14N6O2S. The molecule has 8 nitrogen and oxygen atoms in total. The summed E-state index contributed by atoms with van der Waals surface area (Å²) in [6.07, 6.45) is 1.61. The van der Waals surface area contributed by atoms with E-state index in [1.165, 1.54) is 11.8 Å². The van der Waals surface area contributed by atoms with Gasteiger partial charge in [0.1, 0.15) is 0 Å². The Bertz CT molecular complexity index is 1090. The monoisotopic (exact) mass is 378 g/mol. The number of nitrogens with zero attached hydrogens (tertiary/aromatic N) is 6. The van der Waals surface area contributed by atoms with Crippen molar-refractivity contribution in [3.05, 3.63) is 54.1 Å². The molecule has 0 saturated carbocycles. The summed E-state index contributed by atoms with van der Waals surface area (Å²) in [6.45, 7) is 2.73. The lowest BCUT2D eigenvalue weighted by molar-refractivity contribution is 0.528. The summed E-state index contributed by atoms with van der Waals surface area (Å²) in [5, 5.41) is 26.3. The zero-order valence-electron chi connectivity index (χ0n) is 14.4. The van der Waals surface area contributed by atoms with Gasteiger partial charge >= 0.3 is 0 Å². The van der Waals surface area contributed by atoms with Crippen LogP contribution in [0.25, 0.3) is 23.0 Å². The molecule has 0 aliphatic rings. The number of aromatic nitrogens is 5. The maximum atomic E-state index is 9.00. The molecule has 0 atom stereocenters. The van der Waals surface area contributed by atoms with Crippen LogP contribution < -0.4 is 0 Å². The van der Waals surface area contributed by atoms with Crippen molar-refractivity contribution in [2.24, 2.45) is 0 Å². The molecule has 0 saturated heterocycles. The molecule has 27 heavy (non-hydrogen) atoms. The van der Waals surface area contributed by atoms with E-state index in [4.69, 9.17) is 14.1 Å². The lowest BCUT2D eigenvalue weighted by Crippen LogP contribution is -1.99. The summed E-state index contributed by atoms with van der Waals surface area (Å²) >= 11 is 1.46. The van der Waals surface area contributed by atoms with Crippen molar-refractivity contribution in [2.45, 2.75) is 24.4 Å². The van der Waals surface area contributed by atoms with Gasteiger partial charge in [-0.15, -0.1) is 20.4 Å². The molecule has 0 radical (unpaired) electrons. The molecule has 0 fully saturated rings. The second-order valence-corrected chi connectivity index (χ2v) is 6.45. The lowest BCUT2D eigenvalue weighted by atomic mass is 10.1. The molecule has 1 aromatic carbocycles. The van der Waals surface area contributed by atoms with Crippen molar-refractivity contribution < 1.29 is 8.83 Å². The number of hydrogen-bond donors (Lipinski definition) is 0. The fourth-order valence-electron chi connectivity index (χ4n) is 2.55. The molecule has 0 spiro atoms. The lowest BCUT2D eigenvalue weighted by Gasteiger charge is -2.04. The third-order valence-electron chi connectivity index (χ3n) is 3.80. The fraction of sp³-hybridized carbons (Fsp3) is 0.167. The molecule has 4 rings (SSSR count). The largest absolute Gasteiger partial charge is 0.461 e. The van der Waals surface area contributed by atoms with E-state index < -0.39 is 0 Å². The van der Waals surface area contributed by atoms with Crippen LogP contribution in [-0.2, 0) is 12.3 Å². The van der Waals surface area contributed by atoms with Crippen molar-refractivity contribution in [2.75, 3.05) is 0 Å². The first-order valence-corrected chi connectivity index (χ1v) is 9.20. The third-order valence-corrected chi connectivity index (χ3v) is 4.76. The van der Waals surface area contributed by atoms with Gasteiger partial charge in [-0.05, 0) is 37.3 Å². The predicted octanol–water partition coefficient (Wildman–Crippen LogP) is 3.77. The molecule has 3 heterocycles. The minimum absolute atomic E-state index is 0.385. The molecule has 134 valence electrons. The van der Waals surface area contributed by atoms with Crippen LogP contribution in [0.4, 0.5) is 0 Å². The summed E-state index contributed by atoms with van der Waals surface area (Å²) in [4.78, 5) is 0. The Hall–Kier alpha value is -3.38. The Balaban J connectivity index is 1.50. The van der Waals surface area contributed by atoms with Gasteiger partial charge < -0.3 is 8.83 Å². The van der Waals surface area contributed by atoms with Gasteiger partial charge in [-0.3, -0.25) is 4.57 Å². The van der Waals surface area contributed by atoms with E-state index in [1.807, 2.05) is 29.7 Å². The van der Waals surface area contributed by atoms with Crippen molar-refractivity contribution in [3.8, 4) is 29.1 Å². The van der Waals surface area contributed by atoms with Gasteiger partial charge in [-0.2, -0.15) is 5.26 Å². The summed E-state index contributed by atoms with van der Waals surface area (Å²) in [5.74, 6) is 2.68. The topological polar surface area (TPSA) is 107 Å². The summed E-state index contributed by atoms with van der Waals surface area (Å²) in [7, 11) is 0. The van der Waals surface area contributed by atoms with Crippen LogP contribution in [0.15, 0.2) is 56.7 Å². The van der Waals surface area contributed by atoms with Crippen LogP contribution in [0, 0.1) is 11.3 Å².